The lowest BCUT2D eigenvalue weighted by atomic mass is 9.93. The van der Waals surface area contributed by atoms with E-state index in [-0.39, 0.29) is 0 Å². The monoisotopic (exact) mass is 244 g/mol. The molecule has 0 saturated heterocycles. The molecule has 0 aliphatic heterocycles. The zero-order valence-corrected chi connectivity index (χ0v) is 11.0. The molecule has 0 aliphatic carbocycles. The third kappa shape index (κ3) is 3.10. The molecular weight excluding hydrogens is 228 g/mol. The van der Waals surface area contributed by atoms with Crippen molar-refractivity contribution in [3.8, 4) is 0 Å². The highest BCUT2D eigenvalue weighted by Gasteiger charge is 2.09. The molecule has 1 heteroatoms. The van der Waals surface area contributed by atoms with Crippen molar-refractivity contribution in [3.05, 3.63) is 70.2 Å². The van der Waals surface area contributed by atoms with E-state index in [1.54, 1.807) is 0 Å². The maximum Gasteiger partial charge on any atom is 0.0440 e. The molecule has 0 nitrogen and oxygen atoms in total. The van der Waals surface area contributed by atoms with Gasteiger partial charge in [0.2, 0.25) is 0 Å². The van der Waals surface area contributed by atoms with Gasteiger partial charge < -0.3 is 0 Å². The minimum absolute atomic E-state index is 0.450. The fourth-order valence-electron chi connectivity index (χ4n) is 2.06. The lowest BCUT2D eigenvalue weighted by molar-refractivity contribution is 0.759. The van der Waals surface area contributed by atoms with Crippen molar-refractivity contribution < 1.29 is 0 Å². The summed E-state index contributed by atoms with van der Waals surface area (Å²) in [7, 11) is 0. The van der Waals surface area contributed by atoms with E-state index in [2.05, 4.69) is 44.2 Å². The first-order valence-corrected chi connectivity index (χ1v) is 6.34. The molecule has 88 valence electrons. The van der Waals surface area contributed by atoms with Crippen LogP contribution in [0.2, 0.25) is 5.02 Å². The molecule has 0 aromatic heterocycles. The molecule has 0 radical (unpaired) electrons. The standard InChI is InChI=1S/C16H17Cl/c1-12-7-9-14(10-8-12)11-13(2)15-5-3-4-6-16(15)17/h3-10,13H,11H2,1-2H3. The van der Waals surface area contributed by atoms with Gasteiger partial charge in [-0.15, -0.1) is 0 Å². The van der Waals surface area contributed by atoms with Gasteiger partial charge in [0, 0.05) is 5.02 Å². The molecule has 2 rings (SSSR count). The van der Waals surface area contributed by atoms with Crippen molar-refractivity contribution in [1.82, 2.24) is 0 Å². The molecule has 0 aliphatic rings. The second kappa shape index (κ2) is 5.37. The normalized spacial score (nSPS) is 12.4. The third-order valence-corrected chi connectivity index (χ3v) is 3.44. The number of hydrogen-bond donors (Lipinski definition) is 0. The summed E-state index contributed by atoms with van der Waals surface area (Å²) < 4.78 is 0. The summed E-state index contributed by atoms with van der Waals surface area (Å²) in [5.74, 6) is 0.450. The average molecular weight is 245 g/mol. The van der Waals surface area contributed by atoms with Crippen LogP contribution in [0.3, 0.4) is 0 Å². The quantitative estimate of drug-likeness (QED) is 0.713. The molecule has 1 unspecified atom stereocenters. The molecule has 2 aromatic rings. The van der Waals surface area contributed by atoms with Crippen LogP contribution in [0.4, 0.5) is 0 Å². The van der Waals surface area contributed by atoms with Crippen LogP contribution in [0.5, 0.6) is 0 Å². The smallest absolute Gasteiger partial charge is 0.0440 e. The molecule has 0 amide bonds. The molecule has 0 saturated carbocycles. The Morgan fingerprint density at radius 2 is 1.65 bits per heavy atom. The van der Waals surface area contributed by atoms with Crippen LogP contribution < -0.4 is 0 Å². The third-order valence-electron chi connectivity index (χ3n) is 3.10. The fourth-order valence-corrected chi connectivity index (χ4v) is 2.38. The minimum Gasteiger partial charge on any atom is -0.0840 e. The van der Waals surface area contributed by atoms with Crippen LogP contribution in [-0.4, -0.2) is 0 Å². The Kier molecular flexibility index (Phi) is 3.86. The molecular formula is C16H17Cl. The van der Waals surface area contributed by atoms with E-state index >= 15 is 0 Å². The second-order valence-electron chi connectivity index (χ2n) is 4.61. The largest absolute Gasteiger partial charge is 0.0840 e. The number of rotatable bonds is 3. The number of halogens is 1. The lowest BCUT2D eigenvalue weighted by Crippen LogP contribution is -1.99. The molecule has 17 heavy (non-hydrogen) atoms. The van der Waals surface area contributed by atoms with Gasteiger partial charge in [-0.3, -0.25) is 0 Å². The van der Waals surface area contributed by atoms with E-state index in [0.29, 0.717) is 5.92 Å². The summed E-state index contributed by atoms with van der Waals surface area (Å²) in [5, 5.41) is 0.868. The van der Waals surface area contributed by atoms with E-state index in [0.717, 1.165) is 11.4 Å². The summed E-state index contributed by atoms with van der Waals surface area (Å²) in [6, 6.07) is 16.8. The second-order valence-corrected chi connectivity index (χ2v) is 5.02. The zero-order valence-electron chi connectivity index (χ0n) is 10.3. The van der Waals surface area contributed by atoms with Crippen LogP contribution >= 0.6 is 11.6 Å². The van der Waals surface area contributed by atoms with Crippen LogP contribution in [0.25, 0.3) is 0 Å². The Balaban J connectivity index is 2.14. The number of hydrogen-bond acceptors (Lipinski definition) is 0. The van der Waals surface area contributed by atoms with Gasteiger partial charge in [0.15, 0.2) is 0 Å². The van der Waals surface area contributed by atoms with Crippen molar-refractivity contribution in [1.29, 1.82) is 0 Å². The maximum absolute atomic E-state index is 6.21. The highest BCUT2D eigenvalue weighted by atomic mass is 35.5. The van der Waals surface area contributed by atoms with Gasteiger partial charge in [-0.2, -0.15) is 0 Å². The molecule has 2 aromatic carbocycles. The van der Waals surface area contributed by atoms with Crippen LogP contribution in [-0.2, 0) is 6.42 Å². The van der Waals surface area contributed by atoms with E-state index in [1.807, 2.05) is 18.2 Å². The van der Waals surface area contributed by atoms with Gasteiger partial charge in [-0.05, 0) is 36.5 Å². The van der Waals surface area contributed by atoms with Crippen molar-refractivity contribution in [3.63, 3.8) is 0 Å². The number of benzene rings is 2. The van der Waals surface area contributed by atoms with Gasteiger partial charge in [-0.1, -0.05) is 66.6 Å². The Hall–Kier alpha value is -1.27. The van der Waals surface area contributed by atoms with Gasteiger partial charge >= 0.3 is 0 Å². The molecule has 0 bridgehead atoms. The van der Waals surface area contributed by atoms with Crippen LogP contribution in [0.15, 0.2) is 48.5 Å². The maximum atomic E-state index is 6.21. The zero-order chi connectivity index (χ0) is 12.3. The van der Waals surface area contributed by atoms with Crippen LogP contribution in [0.1, 0.15) is 29.5 Å². The molecule has 0 N–H and O–H groups in total. The summed E-state index contributed by atoms with van der Waals surface area (Å²) in [5.41, 5.74) is 3.90. The van der Waals surface area contributed by atoms with Crippen LogP contribution in [0, 0.1) is 6.92 Å². The predicted octanol–water partition coefficient (Wildman–Crippen LogP) is 4.99. The average Bonchev–Trinajstić information content (AvgIpc) is 2.32. The molecule has 0 spiro atoms. The van der Waals surface area contributed by atoms with Crippen molar-refractivity contribution in [2.45, 2.75) is 26.2 Å². The summed E-state index contributed by atoms with van der Waals surface area (Å²) >= 11 is 6.21. The minimum atomic E-state index is 0.450. The first-order valence-electron chi connectivity index (χ1n) is 5.97. The van der Waals surface area contributed by atoms with E-state index < -0.39 is 0 Å². The summed E-state index contributed by atoms with van der Waals surface area (Å²) in [6.07, 6.45) is 1.03. The molecule has 1 atom stereocenters. The highest BCUT2D eigenvalue weighted by molar-refractivity contribution is 6.31. The van der Waals surface area contributed by atoms with E-state index in [1.165, 1.54) is 16.7 Å². The van der Waals surface area contributed by atoms with Crippen molar-refractivity contribution in [2.75, 3.05) is 0 Å². The van der Waals surface area contributed by atoms with Gasteiger partial charge in [-0.25, -0.2) is 0 Å². The summed E-state index contributed by atoms with van der Waals surface area (Å²) in [4.78, 5) is 0. The van der Waals surface area contributed by atoms with Gasteiger partial charge in [0.25, 0.3) is 0 Å². The van der Waals surface area contributed by atoms with Gasteiger partial charge in [0.1, 0.15) is 0 Å². The first kappa shape index (κ1) is 12.2. The van der Waals surface area contributed by atoms with E-state index in [4.69, 9.17) is 11.6 Å². The molecule has 0 fully saturated rings. The van der Waals surface area contributed by atoms with Crippen molar-refractivity contribution in [2.24, 2.45) is 0 Å². The Bertz CT molecular complexity index is 485. The predicted molar refractivity (Wildman–Crippen MR) is 74.8 cm³/mol. The Labute approximate surface area is 108 Å². The number of aryl methyl sites for hydroxylation is 1. The summed E-state index contributed by atoms with van der Waals surface area (Å²) in [6.45, 7) is 4.34. The topological polar surface area (TPSA) is 0 Å². The van der Waals surface area contributed by atoms with Crippen molar-refractivity contribution >= 4 is 11.6 Å². The molecule has 0 heterocycles. The highest BCUT2D eigenvalue weighted by Crippen LogP contribution is 2.26. The first-order chi connectivity index (χ1) is 8.16. The Morgan fingerprint density at radius 1 is 1.00 bits per heavy atom. The Morgan fingerprint density at radius 3 is 2.29 bits per heavy atom. The van der Waals surface area contributed by atoms with Gasteiger partial charge in [0.05, 0.1) is 0 Å². The SMILES string of the molecule is Cc1ccc(CC(C)c2ccccc2Cl)cc1. The fraction of sp³-hybridized carbons (Fsp3) is 0.250. The lowest BCUT2D eigenvalue weighted by Gasteiger charge is -2.13. The van der Waals surface area contributed by atoms with E-state index in [9.17, 15) is 0 Å².